The maximum atomic E-state index is 15.6. The first kappa shape index (κ1) is 64.3. The minimum atomic E-state index is -1.82. The molecule has 6 fully saturated rings. The fourth-order valence-corrected chi connectivity index (χ4v) is 15.8. The van der Waals surface area contributed by atoms with Gasteiger partial charge >= 0.3 is 12.1 Å². The molecule has 6 N–H and O–H groups in total. The minimum absolute atomic E-state index is 0.00457. The largest absolute Gasteiger partial charge is 0.511 e. The molecule has 2 bridgehead atoms. The number of aliphatic hydroxyl groups is 5. The van der Waals surface area contributed by atoms with Crippen LogP contribution in [0.3, 0.4) is 0 Å². The number of fused-ring (bicyclic) bond motifs is 4. The fraction of sp³-hybridized carbons (Fsp3) is 0.787. The summed E-state index contributed by atoms with van der Waals surface area (Å²) >= 11 is 0. The van der Waals surface area contributed by atoms with E-state index in [4.69, 9.17) is 52.1 Å². The van der Waals surface area contributed by atoms with Crippen LogP contribution in [0.1, 0.15) is 121 Å². The van der Waals surface area contributed by atoms with Gasteiger partial charge in [0.25, 0.3) is 0 Å². The molecule has 4 aliphatic carbocycles. The number of hydrogen-bond acceptors (Lipinski definition) is 21. The third kappa shape index (κ3) is 11.8. The second kappa shape index (κ2) is 25.1. The van der Waals surface area contributed by atoms with Crippen molar-refractivity contribution >= 4 is 17.8 Å². The quantitative estimate of drug-likeness (QED) is 0.0457. The third-order valence-corrected chi connectivity index (χ3v) is 20.3. The van der Waals surface area contributed by atoms with Gasteiger partial charge < -0.3 is 83.0 Å². The Balaban J connectivity index is 1.01. The first-order valence-corrected chi connectivity index (χ1v) is 30.0. The Morgan fingerprint density at radius 2 is 1.38 bits per heavy atom. The molecule has 23 nitrogen and oxygen atoms in total. The number of hydrogen-bond donors (Lipinski definition) is 6. The molecule has 84 heavy (non-hydrogen) atoms. The van der Waals surface area contributed by atoms with Gasteiger partial charge in [0, 0.05) is 67.8 Å². The summed E-state index contributed by atoms with van der Waals surface area (Å²) in [7, 11) is 2.67. The first-order valence-electron chi connectivity index (χ1n) is 30.0. The zero-order valence-corrected chi connectivity index (χ0v) is 50.6. The van der Waals surface area contributed by atoms with Crippen LogP contribution < -0.4 is 5.32 Å². The average Bonchev–Trinajstić information content (AvgIpc) is 1.67. The van der Waals surface area contributed by atoms with E-state index in [1.165, 1.54) is 21.1 Å². The van der Waals surface area contributed by atoms with Crippen molar-refractivity contribution in [1.29, 1.82) is 0 Å². The number of ether oxygens (including phenoxy) is 11. The predicted molar refractivity (Wildman–Crippen MR) is 298 cm³/mol. The Kier molecular flexibility index (Phi) is 19.2. The van der Waals surface area contributed by atoms with Crippen LogP contribution in [0.15, 0.2) is 58.4 Å². The Morgan fingerprint density at radius 3 is 2.01 bits per heavy atom. The van der Waals surface area contributed by atoms with Gasteiger partial charge in [-0.3, -0.25) is 14.9 Å². The molecule has 5 heterocycles. The van der Waals surface area contributed by atoms with Crippen molar-refractivity contribution in [1.82, 2.24) is 5.32 Å². The standard InChI is InChI=1S/C61H90N2O21/c1-27-14-17-42(80-47-25-59(10,63(72)73)54(35(9)79-47)62-58(71)75-13)28(2)19-37-20-36(26-64)31(5)24-61(37)56(69)48(57(70)84-61)55(68)60(11)39(27)16-15-38-49(60)29(3)18-30(4)51(38)82-46-23-43(50(67)32(6)76-46)81-44-22-41(66)53(34(8)78-44)83-45-21-40(65)52(74-12)33(7)77-45/h14-16,19-20,29-35,37-47,49-54,64-68H,17-18,21-26H2,1-13H3,(H,62,71)/b27-14+,28-19+,55-48+/t29?,30?,31?,32-,33+,34-,35?,37?,38?,39?,40+,41+,42?,43-,44?,45-,46+,47?,49?,50-,51+,52+,53+,54?,59?,60?,61?/m1/s1. The van der Waals surface area contributed by atoms with E-state index in [0.29, 0.717) is 17.6 Å². The fourth-order valence-electron chi connectivity index (χ4n) is 15.8. The molecule has 1 spiro atoms. The molecule has 1 amide bonds. The van der Waals surface area contributed by atoms with E-state index in [-0.39, 0.29) is 57.0 Å². The Bertz CT molecular complexity index is 2600. The lowest BCUT2D eigenvalue weighted by Crippen LogP contribution is -2.65. The number of alkyl carbamates (subject to hydrolysis) is 1. The van der Waals surface area contributed by atoms with Crippen molar-refractivity contribution in [3.05, 3.63) is 68.5 Å². The number of nitrogens with one attached hydrogen (secondary N) is 1. The van der Waals surface area contributed by atoms with Crippen LogP contribution in [0.2, 0.25) is 0 Å². The molecule has 9 rings (SSSR count). The van der Waals surface area contributed by atoms with Crippen molar-refractivity contribution < 1.29 is 96.9 Å². The highest BCUT2D eigenvalue weighted by molar-refractivity contribution is 6.26. The van der Waals surface area contributed by atoms with E-state index in [0.717, 1.165) is 5.57 Å². The predicted octanol–water partition coefficient (Wildman–Crippen LogP) is 5.57. The van der Waals surface area contributed by atoms with Crippen LogP contribution >= 0.6 is 0 Å². The maximum Gasteiger partial charge on any atom is 0.407 e. The molecule has 0 aromatic heterocycles. The van der Waals surface area contributed by atoms with E-state index in [9.17, 15) is 45.2 Å². The van der Waals surface area contributed by atoms with E-state index in [1.54, 1.807) is 46.8 Å². The number of nitrogens with zero attached hydrogens (tertiary/aromatic N) is 1. The maximum absolute atomic E-state index is 15.6. The lowest BCUT2D eigenvalue weighted by atomic mass is 9.49. The molecule has 0 aromatic rings. The Morgan fingerprint density at radius 1 is 0.762 bits per heavy atom. The summed E-state index contributed by atoms with van der Waals surface area (Å²) in [5.41, 5.74) is -3.37. The van der Waals surface area contributed by atoms with Crippen molar-refractivity contribution in [3.8, 4) is 0 Å². The smallest absolute Gasteiger partial charge is 0.407 e. The van der Waals surface area contributed by atoms with Crippen LogP contribution in [0, 0.1) is 57.0 Å². The monoisotopic (exact) mass is 1190 g/mol. The number of ketones is 1. The number of methoxy groups -OCH3 is 2. The summed E-state index contributed by atoms with van der Waals surface area (Å²) in [6, 6.07) is -1.08. The van der Waals surface area contributed by atoms with Gasteiger partial charge in [-0.1, -0.05) is 63.6 Å². The van der Waals surface area contributed by atoms with Crippen molar-refractivity contribution in [2.24, 2.45) is 46.8 Å². The SMILES string of the molecule is COC(=O)NC1C(C)OC(OC2C/C=C(\C)C3C=CC4C(C(C)CC(C)[C@@H]4O[C@H]4C[C@@H](OC5C[C@H](O)[C@@H](O[C@@H]6C[C@H](O)[C@@H](OC)[C@H](C)O6)[C@@H](C)O5)[C@H](O)[C@@H](C)O4)C3(C)/C(O)=C3\C(=O)OC4(CC(C)C(CO)=CC4/C=C/2C)C3=O)CC1(C)[N+](=O)[O-]. The van der Waals surface area contributed by atoms with Crippen LogP contribution in [-0.2, 0) is 61.7 Å². The van der Waals surface area contributed by atoms with E-state index < -0.39 is 185 Å². The molecule has 0 aromatic carbocycles. The number of carbonyl (C=O) groups excluding carboxylic acids is 3. The van der Waals surface area contributed by atoms with E-state index in [2.05, 4.69) is 25.2 Å². The Hall–Kier alpha value is -4.21. The van der Waals surface area contributed by atoms with Crippen LogP contribution in [-0.4, -0.2) is 185 Å². The van der Waals surface area contributed by atoms with Crippen molar-refractivity contribution in [2.75, 3.05) is 20.8 Å². The number of rotatable bonds is 12. The normalized spacial score (nSPS) is 49.3. The topological polar surface area (TPSA) is 309 Å². The minimum Gasteiger partial charge on any atom is -0.511 e. The molecule has 23 heteroatoms. The highest BCUT2D eigenvalue weighted by Crippen LogP contribution is 2.61. The zero-order chi connectivity index (χ0) is 61.2. The number of nitro groups is 1. The van der Waals surface area contributed by atoms with Gasteiger partial charge in [-0.25, -0.2) is 9.59 Å². The number of carbonyl (C=O) groups is 3. The van der Waals surface area contributed by atoms with Crippen molar-refractivity contribution in [2.45, 2.75) is 237 Å². The molecule has 5 aliphatic heterocycles. The van der Waals surface area contributed by atoms with Gasteiger partial charge in [0.15, 0.2) is 30.8 Å². The third-order valence-electron chi connectivity index (χ3n) is 20.3. The van der Waals surface area contributed by atoms with Gasteiger partial charge in [-0.05, 0) is 89.2 Å². The molecule has 1 saturated carbocycles. The van der Waals surface area contributed by atoms with E-state index >= 15 is 4.79 Å². The molecule has 9 aliphatic rings. The summed E-state index contributed by atoms with van der Waals surface area (Å²) < 4.78 is 68.0. The lowest BCUT2D eigenvalue weighted by molar-refractivity contribution is -0.584. The lowest BCUT2D eigenvalue weighted by Gasteiger charge is -2.56. The number of aliphatic hydroxyl groups excluding tert-OH is 5. The van der Waals surface area contributed by atoms with Crippen LogP contribution in [0.4, 0.5) is 4.79 Å². The van der Waals surface area contributed by atoms with Crippen molar-refractivity contribution in [3.63, 3.8) is 0 Å². The van der Waals surface area contributed by atoms with Gasteiger partial charge in [-0.15, -0.1) is 0 Å². The summed E-state index contributed by atoms with van der Waals surface area (Å²) in [4.78, 5) is 55.1. The number of amides is 1. The average molecular weight is 1190 g/mol. The second-order valence-corrected chi connectivity index (χ2v) is 25.9. The highest BCUT2D eigenvalue weighted by atomic mass is 16.7. The van der Waals surface area contributed by atoms with Gasteiger partial charge in [0.05, 0.1) is 75.1 Å². The molecular formula is C61H90N2O21. The van der Waals surface area contributed by atoms with Crippen LogP contribution in [0.5, 0.6) is 0 Å². The van der Waals surface area contributed by atoms with Gasteiger partial charge in [-0.2, -0.15) is 0 Å². The zero-order valence-electron chi connectivity index (χ0n) is 50.6. The molecule has 0 radical (unpaired) electrons. The van der Waals surface area contributed by atoms with Gasteiger partial charge in [0.2, 0.25) is 11.3 Å². The summed E-state index contributed by atoms with van der Waals surface area (Å²) in [5, 5.41) is 72.9. The second-order valence-electron chi connectivity index (χ2n) is 25.9. The summed E-state index contributed by atoms with van der Waals surface area (Å²) in [6.07, 6.45) is -3.57. The summed E-state index contributed by atoms with van der Waals surface area (Å²) in [5.74, 6) is -5.10. The van der Waals surface area contributed by atoms with Gasteiger partial charge in [0.1, 0.15) is 35.7 Å². The molecule has 5 saturated heterocycles. The molecule has 27 atom stereocenters. The first-order chi connectivity index (χ1) is 39.6. The number of esters is 1. The molecule has 15 unspecified atom stereocenters. The number of Topliss-reactive ketones (excluding diaryl/α,β-unsaturated/α-hetero) is 1. The van der Waals surface area contributed by atoms with E-state index in [1.807, 2.05) is 32.9 Å². The molecular weight excluding hydrogens is 1100 g/mol. The highest BCUT2D eigenvalue weighted by Gasteiger charge is 2.64. The van der Waals surface area contributed by atoms with Crippen LogP contribution in [0.25, 0.3) is 0 Å². The summed E-state index contributed by atoms with van der Waals surface area (Å²) in [6.45, 7) is 19.6. The number of allylic oxidation sites excluding steroid dienone is 3. The molecule has 470 valence electrons. The Labute approximate surface area is 491 Å².